The molecule has 0 unspecified atom stereocenters. The Balaban J connectivity index is 3.59. The lowest BCUT2D eigenvalue weighted by Crippen LogP contribution is -2.32. The third-order valence-corrected chi connectivity index (χ3v) is 2.77. The summed E-state index contributed by atoms with van der Waals surface area (Å²) in [6.07, 6.45) is 0.675. The van der Waals surface area contributed by atoms with E-state index in [1.807, 2.05) is 0 Å². The molecular weight excluding hydrogens is 186 g/mol. The van der Waals surface area contributed by atoms with E-state index in [4.69, 9.17) is 5.73 Å². The number of hydrogen-bond acceptors (Lipinski definition) is 4. The number of esters is 1. The highest BCUT2D eigenvalue weighted by atomic mass is 32.2. The quantitative estimate of drug-likeness (QED) is 0.705. The summed E-state index contributed by atoms with van der Waals surface area (Å²) in [7, 11) is 1.36. The van der Waals surface area contributed by atoms with Gasteiger partial charge in [0, 0.05) is 4.75 Å². The molecule has 0 aromatic rings. The zero-order chi connectivity index (χ0) is 10.5. The van der Waals surface area contributed by atoms with Crippen molar-refractivity contribution in [3.63, 3.8) is 0 Å². The number of methoxy groups -OCH3 is 1. The van der Waals surface area contributed by atoms with Gasteiger partial charge in [-0.15, -0.1) is 0 Å². The number of carbonyl (C=O) groups excluding carboxylic acids is 1. The minimum Gasteiger partial charge on any atom is -0.468 e. The zero-order valence-electron chi connectivity index (χ0n) is 8.79. The first-order valence-corrected chi connectivity index (χ1v) is 5.33. The molecule has 0 saturated heterocycles. The molecule has 0 radical (unpaired) electrons. The van der Waals surface area contributed by atoms with Gasteiger partial charge in [0.1, 0.15) is 6.04 Å². The van der Waals surface area contributed by atoms with Crippen LogP contribution in [-0.4, -0.2) is 29.6 Å². The number of hydrogen-bond donors (Lipinski definition) is 1. The van der Waals surface area contributed by atoms with Gasteiger partial charge in [-0.05, 0) is 12.2 Å². The lowest BCUT2D eigenvalue weighted by Gasteiger charge is -2.18. The van der Waals surface area contributed by atoms with Crippen molar-refractivity contribution < 1.29 is 9.53 Å². The Labute approximate surface area is 84.4 Å². The summed E-state index contributed by atoms with van der Waals surface area (Å²) >= 11 is 1.80. The summed E-state index contributed by atoms with van der Waals surface area (Å²) in [6, 6.07) is -0.472. The van der Waals surface area contributed by atoms with Crippen molar-refractivity contribution in [1.29, 1.82) is 0 Å². The van der Waals surface area contributed by atoms with Crippen molar-refractivity contribution >= 4 is 17.7 Å². The van der Waals surface area contributed by atoms with Gasteiger partial charge in [0.05, 0.1) is 7.11 Å². The predicted molar refractivity (Wildman–Crippen MR) is 56.8 cm³/mol. The van der Waals surface area contributed by atoms with E-state index < -0.39 is 6.04 Å². The maximum atomic E-state index is 10.9. The fourth-order valence-corrected chi connectivity index (χ4v) is 1.75. The SMILES string of the molecule is COC(=O)[C@@H](N)CCSC(C)(C)C. The predicted octanol–water partition coefficient (Wildman–Crippen LogP) is 1.41. The number of rotatable bonds is 4. The Morgan fingerprint density at radius 3 is 2.46 bits per heavy atom. The molecule has 0 aliphatic rings. The summed E-state index contributed by atoms with van der Waals surface area (Å²) in [4.78, 5) is 10.9. The fraction of sp³-hybridized carbons (Fsp3) is 0.889. The summed E-state index contributed by atoms with van der Waals surface area (Å²) < 4.78 is 4.75. The first kappa shape index (κ1) is 12.8. The number of nitrogens with two attached hydrogens (primary N) is 1. The molecule has 13 heavy (non-hydrogen) atoms. The van der Waals surface area contributed by atoms with Crippen LogP contribution >= 0.6 is 11.8 Å². The maximum Gasteiger partial charge on any atom is 0.322 e. The van der Waals surface area contributed by atoms with Crippen LogP contribution in [-0.2, 0) is 9.53 Å². The lowest BCUT2D eigenvalue weighted by atomic mass is 10.2. The molecule has 78 valence electrons. The van der Waals surface area contributed by atoms with Gasteiger partial charge in [-0.3, -0.25) is 4.79 Å². The molecule has 0 bridgehead atoms. The molecule has 3 nitrogen and oxygen atoms in total. The van der Waals surface area contributed by atoms with Gasteiger partial charge >= 0.3 is 5.97 Å². The van der Waals surface area contributed by atoms with Crippen LogP contribution in [0.3, 0.4) is 0 Å². The third-order valence-electron chi connectivity index (χ3n) is 1.47. The van der Waals surface area contributed by atoms with Crippen molar-refractivity contribution in [3.8, 4) is 0 Å². The first-order chi connectivity index (χ1) is 5.87. The smallest absolute Gasteiger partial charge is 0.322 e. The minimum absolute atomic E-state index is 0.232. The van der Waals surface area contributed by atoms with Gasteiger partial charge in [-0.1, -0.05) is 20.8 Å². The van der Waals surface area contributed by atoms with E-state index in [0.29, 0.717) is 6.42 Å². The molecule has 0 fully saturated rings. The van der Waals surface area contributed by atoms with Crippen LogP contribution in [0.4, 0.5) is 0 Å². The molecule has 0 aliphatic carbocycles. The van der Waals surface area contributed by atoms with E-state index in [1.54, 1.807) is 11.8 Å². The molecule has 4 heteroatoms. The topological polar surface area (TPSA) is 52.3 Å². The summed E-state index contributed by atoms with van der Waals surface area (Å²) in [5.41, 5.74) is 5.57. The Kier molecular flexibility index (Phi) is 5.40. The largest absolute Gasteiger partial charge is 0.468 e. The highest BCUT2D eigenvalue weighted by molar-refractivity contribution is 8.00. The Morgan fingerprint density at radius 2 is 2.08 bits per heavy atom. The van der Waals surface area contributed by atoms with E-state index in [1.165, 1.54) is 7.11 Å². The van der Waals surface area contributed by atoms with Gasteiger partial charge in [0.25, 0.3) is 0 Å². The minimum atomic E-state index is -0.472. The molecule has 1 atom stereocenters. The molecule has 0 aromatic heterocycles. The number of thioether (sulfide) groups is 1. The van der Waals surface area contributed by atoms with Crippen molar-refractivity contribution in [2.45, 2.75) is 38.0 Å². The van der Waals surface area contributed by atoms with Crippen molar-refractivity contribution in [2.75, 3.05) is 12.9 Å². The average molecular weight is 205 g/mol. The molecule has 0 saturated carbocycles. The van der Waals surface area contributed by atoms with Crippen molar-refractivity contribution in [1.82, 2.24) is 0 Å². The second kappa shape index (κ2) is 5.50. The summed E-state index contributed by atoms with van der Waals surface area (Å²) in [5.74, 6) is 0.564. The van der Waals surface area contributed by atoms with Gasteiger partial charge in [-0.25, -0.2) is 0 Å². The Bertz CT molecular complexity index is 165. The highest BCUT2D eigenvalue weighted by Crippen LogP contribution is 2.23. The normalized spacial score (nSPS) is 13.9. The molecule has 0 heterocycles. The van der Waals surface area contributed by atoms with Crippen LogP contribution in [0.5, 0.6) is 0 Å². The Morgan fingerprint density at radius 1 is 1.54 bits per heavy atom. The van der Waals surface area contributed by atoms with E-state index in [-0.39, 0.29) is 10.7 Å². The molecular formula is C9H19NO2S. The zero-order valence-corrected chi connectivity index (χ0v) is 9.61. The van der Waals surface area contributed by atoms with Crippen LogP contribution in [0.1, 0.15) is 27.2 Å². The van der Waals surface area contributed by atoms with Crippen molar-refractivity contribution in [2.24, 2.45) is 5.73 Å². The second-order valence-electron chi connectivity index (χ2n) is 3.88. The first-order valence-electron chi connectivity index (χ1n) is 4.34. The molecule has 0 rings (SSSR count). The monoisotopic (exact) mass is 205 g/mol. The van der Waals surface area contributed by atoms with Gasteiger partial charge in [0.2, 0.25) is 0 Å². The summed E-state index contributed by atoms with van der Waals surface area (Å²) in [6.45, 7) is 6.42. The standard InChI is InChI=1S/C9H19NO2S/c1-9(2,3)13-6-5-7(10)8(11)12-4/h7H,5-6,10H2,1-4H3/t7-/m0/s1. The molecule has 0 spiro atoms. The van der Waals surface area contributed by atoms with Crippen LogP contribution in [0.2, 0.25) is 0 Å². The number of carbonyl (C=O) groups is 1. The van der Waals surface area contributed by atoms with Crippen LogP contribution in [0.25, 0.3) is 0 Å². The third kappa shape index (κ3) is 6.90. The van der Waals surface area contributed by atoms with Gasteiger partial charge in [0.15, 0.2) is 0 Å². The van der Waals surface area contributed by atoms with Crippen molar-refractivity contribution in [3.05, 3.63) is 0 Å². The molecule has 0 aromatic carbocycles. The van der Waals surface area contributed by atoms with E-state index >= 15 is 0 Å². The molecule has 0 amide bonds. The molecule has 0 aliphatic heterocycles. The fourth-order valence-electron chi connectivity index (χ4n) is 0.761. The highest BCUT2D eigenvalue weighted by Gasteiger charge is 2.15. The number of ether oxygens (including phenoxy) is 1. The van der Waals surface area contributed by atoms with E-state index in [0.717, 1.165) is 5.75 Å². The Hall–Kier alpha value is -0.220. The van der Waals surface area contributed by atoms with E-state index in [2.05, 4.69) is 25.5 Å². The lowest BCUT2D eigenvalue weighted by molar-refractivity contribution is -0.142. The average Bonchev–Trinajstić information content (AvgIpc) is 2.00. The maximum absolute atomic E-state index is 10.9. The van der Waals surface area contributed by atoms with E-state index in [9.17, 15) is 4.79 Å². The summed E-state index contributed by atoms with van der Waals surface area (Å²) in [5, 5.41) is 0. The van der Waals surface area contributed by atoms with Crippen LogP contribution in [0.15, 0.2) is 0 Å². The second-order valence-corrected chi connectivity index (χ2v) is 5.80. The van der Waals surface area contributed by atoms with Gasteiger partial charge in [-0.2, -0.15) is 11.8 Å². The van der Waals surface area contributed by atoms with Crippen LogP contribution < -0.4 is 5.73 Å². The molecule has 2 N–H and O–H groups in total. The van der Waals surface area contributed by atoms with Gasteiger partial charge < -0.3 is 10.5 Å². The van der Waals surface area contributed by atoms with Crippen LogP contribution in [0, 0.1) is 0 Å².